The van der Waals surface area contributed by atoms with E-state index in [1.165, 1.54) is 12.1 Å². The highest BCUT2D eigenvalue weighted by atomic mass is 19.4. The molecule has 0 aromatic heterocycles. The Morgan fingerprint density at radius 2 is 1.61 bits per heavy atom. The maximum atomic E-state index is 12.0. The summed E-state index contributed by atoms with van der Waals surface area (Å²) >= 11 is 0. The predicted octanol–water partition coefficient (Wildman–Crippen LogP) is 4.02. The van der Waals surface area contributed by atoms with Gasteiger partial charge >= 0.3 is 6.36 Å². The SMILES string of the molecule is CCC(CC)C(N)c1ccc(OC(F)(F)F)cc1. The van der Waals surface area contributed by atoms with E-state index in [2.05, 4.69) is 18.6 Å². The third kappa shape index (κ3) is 4.22. The van der Waals surface area contributed by atoms with Crippen LogP contribution in [0.4, 0.5) is 13.2 Å². The number of rotatable bonds is 5. The van der Waals surface area contributed by atoms with Crippen LogP contribution in [0.25, 0.3) is 0 Å². The second-order valence-corrected chi connectivity index (χ2v) is 4.22. The topological polar surface area (TPSA) is 35.2 Å². The molecule has 0 aliphatic heterocycles. The van der Waals surface area contributed by atoms with Crippen LogP contribution in [0.15, 0.2) is 24.3 Å². The Hall–Kier alpha value is -1.23. The molecule has 0 saturated carbocycles. The van der Waals surface area contributed by atoms with E-state index in [1.807, 2.05) is 0 Å². The van der Waals surface area contributed by atoms with E-state index in [0.717, 1.165) is 18.4 Å². The van der Waals surface area contributed by atoms with Gasteiger partial charge in [-0.1, -0.05) is 38.8 Å². The fourth-order valence-corrected chi connectivity index (χ4v) is 1.96. The molecule has 1 rings (SSSR count). The lowest BCUT2D eigenvalue weighted by Crippen LogP contribution is -2.20. The third-order valence-electron chi connectivity index (χ3n) is 3.06. The Bertz CT molecular complexity index is 357. The van der Waals surface area contributed by atoms with Crippen LogP contribution < -0.4 is 10.5 Å². The molecule has 0 bridgehead atoms. The van der Waals surface area contributed by atoms with Crippen molar-refractivity contribution < 1.29 is 17.9 Å². The van der Waals surface area contributed by atoms with Crippen molar-refractivity contribution in [2.24, 2.45) is 11.7 Å². The van der Waals surface area contributed by atoms with Gasteiger partial charge in [0.1, 0.15) is 5.75 Å². The average Bonchev–Trinajstić information content (AvgIpc) is 2.29. The molecule has 0 aliphatic carbocycles. The molecule has 0 aliphatic rings. The Labute approximate surface area is 105 Å². The molecular formula is C13H18F3NO. The molecule has 2 N–H and O–H groups in total. The second-order valence-electron chi connectivity index (χ2n) is 4.22. The molecule has 102 valence electrons. The minimum atomic E-state index is -4.65. The molecular weight excluding hydrogens is 243 g/mol. The first-order valence-corrected chi connectivity index (χ1v) is 5.98. The van der Waals surface area contributed by atoms with Crippen molar-refractivity contribution in [3.8, 4) is 5.75 Å². The van der Waals surface area contributed by atoms with Gasteiger partial charge in [0.15, 0.2) is 0 Å². The fourth-order valence-electron chi connectivity index (χ4n) is 1.96. The van der Waals surface area contributed by atoms with Gasteiger partial charge in [-0.2, -0.15) is 0 Å². The first-order chi connectivity index (χ1) is 8.37. The highest BCUT2D eigenvalue weighted by molar-refractivity contribution is 5.29. The molecule has 0 heterocycles. The zero-order valence-electron chi connectivity index (χ0n) is 10.5. The van der Waals surface area contributed by atoms with Crippen LogP contribution in [0.1, 0.15) is 38.3 Å². The number of hydrogen-bond donors (Lipinski definition) is 1. The van der Waals surface area contributed by atoms with E-state index in [-0.39, 0.29) is 11.8 Å². The largest absolute Gasteiger partial charge is 0.573 e. The lowest BCUT2D eigenvalue weighted by molar-refractivity contribution is -0.274. The van der Waals surface area contributed by atoms with Crippen molar-refractivity contribution in [1.29, 1.82) is 0 Å². The highest BCUT2D eigenvalue weighted by Crippen LogP contribution is 2.28. The summed E-state index contributed by atoms with van der Waals surface area (Å²) in [6.45, 7) is 4.10. The van der Waals surface area contributed by atoms with Gasteiger partial charge in [-0.25, -0.2) is 0 Å². The van der Waals surface area contributed by atoms with Gasteiger partial charge in [0.2, 0.25) is 0 Å². The van der Waals surface area contributed by atoms with Crippen molar-refractivity contribution in [2.45, 2.75) is 39.1 Å². The number of benzene rings is 1. The Balaban J connectivity index is 2.76. The molecule has 0 fully saturated rings. The number of hydrogen-bond acceptors (Lipinski definition) is 2. The average molecular weight is 261 g/mol. The van der Waals surface area contributed by atoms with Crippen LogP contribution in [-0.4, -0.2) is 6.36 Å². The van der Waals surface area contributed by atoms with Gasteiger partial charge in [-0.05, 0) is 23.6 Å². The van der Waals surface area contributed by atoms with Crippen LogP contribution in [-0.2, 0) is 0 Å². The zero-order chi connectivity index (χ0) is 13.8. The minimum absolute atomic E-state index is 0.153. The number of nitrogens with two attached hydrogens (primary N) is 1. The molecule has 1 aromatic rings. The molecule has 0 amide bonds. The highest BCUT2D eigenvalue weighted by Gasteiger charge is 2.31. The Morgan fingerprint density at radius 1 is 1.11 bits per heavy atom. The van der Waals surface area contributed by atoms with E-state index < -0.39 is 6.36 Å². The summed E-state index contributed by atoms with van der Waals surface area (Å²) in [5.41, 5.74) is 6.91. The smallest absolute Gasteiger partial charge is 0.406 e. The van der Waals surface area contributed by atoms with Crippen molar-refractivity contribution >= 4 is 0 Å². The van der Waals surface area contributed by atoms with Crippen LogP contribution in [0, 0.1) is 5.92 Å². The van der Waals surface area contributed by atoms with Gasteiger partial charge < -0.3 is 10.5 Å². The first kappa shape index (κ1) is 14.8. The molecule has 1 aromatic carbocycles. The molecule has 1 unspecified atom stereocenters. The standard InChI is InChI=1S/C13H18F3NO/c1-3-9(4-2)12(17)10-5-7-11(8-6-10)18-13(14,15)16/h5-9,12H,3-4,17H2,1-2H3. The molecule has 5 heteroatoms. The van der Waals surface area contributed by atoms with Gasteiger partial charge in [0.05, 0.1) is 0 Å². The summed E-state index contributed by atoms with van der Waals surface area (Å²) in [6.07, 6.45) is -2.77. The van der Waals surface area contributed by atoms with Crippen molar-refractivity contribution in [3.05, 3.63) is 29.8 Å². The Kier molecular flexibility index (Phi) is 5.02. The number of halogens is 3. The number of alkyl halides is 3. The minimum Gasteiger partial charge on any atom is -0.406 e. The summed E-state index contributed by atoms with van der Waals surface area (Å²) in [4.78, 5) is 0. The molecule has 1 atom stereocenters. The summed E-state index contributed by atoms with van der Waals surface area (Å²) in [5, 5.41) is 0. The predicted molar refractivity (Wildman–Crippen MR) is 64.1 cm³/mol. The summed E-state index contributed by atoms with van der Waals surface area (Å²) in [5.74, 6) is 0.113. The van der Waals surface area contributed by atoms with E-state index in [1.54, 1.807) is 12.1 Å². The maximum Gasteiger partial charge on any atom is 0.573 e. The molecule has 0 spiro atoms. The van der Waals surface area contributed by atoms with Crippen molar-refractivity contribution in [3.63, 3.8) is 0 Å². The van der Waals surface area contributed by atoms with E-state index in [9.17, 15) is 13.2 Å². The maximum absolute atomic E-state index is 12.0. The van der Waals surface area contributed by atoms with Crippen molar-refractivity contribution in [2.75, 3.05) is 0 Å². The summed E-state index contributed by atoms with van der Waals surface area (Å²) < 4.78 is 39.8. The van der Waals surface area contributed by atoms with Crippen LogP contribution in [0.2, 0.25) is 0 Å². The first-order valence-electron chi connectivity index (χ1n) is 5.98. The zero-order valence-corrected chi connectivity index (χ0v) is 10.5. The normalized spacial score (nSPS) is 13.7. The molecule has 18 heavy (non-hydrogen) atoms. The van der Waals surface area contributed by atoms with Gasteiger partial charge in [0, 0.05) is 6.04 Å². The Morgan fingerprint density at radius 3 is 2.00 bits per heavy atom. The second kappa shape index (κ2) is 6.09. The van der Waals surface area contributed by atoms with E-state index in [0.29, 0.717) is 5.92 Å². The van der Waals surface area contributed by atoms with Gasteiger partial charge in [0.25, 0.3) is 0 Å². The quantitative estimate of drug-likeness (QED) is 0.868. The fraction of sp³-hybridized carbons (Fsp3) is 0.538. The summed E-state index contributed by atoms with van der Waals surface area (Å²) in [6, 6.07) is 5.62. The number of ether oxygens (including phenoxy) is 1. The molecule has 0 radical (unpaired) electrons. The van der Waals surface area contributed by atoms with Crippen LogP contribution in [0.3, 0.4) is 0 Å². The monoisotopic (exact) mass is 261 g/mol. The molecule has 2 nitrogen and oxygen atoms in total. The van der Waals surface area contributed by atoms with E-state index >= 15 is 0 Å². The molecule has 0 saturated heterocycles. The summed E-state index contributed by atoms with van der Waals surface area (Å²) in [7, 11) is 0. The van der Waals surface area contributed by atoms with Crippen LogP contribution >= 0.6 is 0 Å². The van der Waals surface area contributed by atoms with Gasteiger partial charge in [-0.15, -0.1) is 13.2 Å². The van der Waals surface area contributed by atoms with Crippen LogP contribution in [0.5, 0.6) is 5.75 Å². The third-order valence-corrected chi connectivity index (χ3v) is 3.06. The lowest BCUT2D eigenvalue weighted by Gasteiger charge is -2.21. The van der Waals surface area contributed by atoms with Crippen molar-refractivity contribution in [1.82, 2.24) is 0 Å². The van der Waals surface area contributed by atoms with E-state index in [4.69, 9.17) is 5.73 Å². The lowest BCUT2D eigenvalue weighted by atomic mass is 9.90. The van der Waals surface area contributed by atoms with Gasteiger partial charge in [-0.3, -0.25) is 0 Å².